The Balaban J connectivity index is 0.000000588. The van der Waals surface area contributed by atoms with Crippen molar-refractivity contribution in [3.05, 3.63) is 63.1 Å². The monoisotopic (exact) mass is 550 g/mol. The van der Waals surface area contributed by atoms with Crippen LogP contribution in [0, 0.1) is 0 Å². The Labute approximate surface area is 211 Å². The van der Waals surface area contributed by atoms with Crippen LogP contribution < -0.4 is 10.4 Å². The molecule has 2 aliphatic heterocycles. The molecule has 2 aromatic carbocycles. The molecule has 2 aliphatic rings. The molecule has 34 heavy (non-hydrogen) atoms. The molecule has 4 rings (SSSR count). The first-order chi connectivity index (χ1) is 16.0. The van der Waals surface area contributed by atoms with Gasteiger partial charge in [-0.05, 0) is 35.9 Å². The molecule has 0 unspecified atom stereocenters. The highest BCUT2D eigenvalue weighted by molar-refractivity contribution is 7.79. The van der Waals surface area contributed by atoms with Crippen LogP contribution in [0.1, 0.15) is 18.0 Å². The van der Waals surface area contributed by atoms with Gasteiger partial charge in [-0.25, -0.2) is 5.01 Å². The topological polar surface area (TPSA) is 132 Å². The molecule has 0 radical (unpaired) electrons. The Hall–Kier alpha value is -1.96. The Kier molecular flexibility index (Phi) is 9.13. The van der Waals surface area contributed by atoms with Gasteiger partial charge in [-0.1, -0.05) is 46.9 Å². The minimum atomic E-state index is -4.67. The molecular formula is C20H21Cl3N4O6S. The van der Waals surface area contributed by atoms with Crippen LogP contribution >= 0.6 is 34.8 Å². The van der Waals surface area contributed by atoms with Crippen LogP contribution in [0.15, 0.2) is 47.6 Å². The van der Waals surface area contributed by atoms with Gasteiger partial charge in [-0.2, -0.15) is 13.5 Å². The highest BCUT2D eigenvalue weighted by atomic mass is 35.5. The van der Waals surface area contributed by atoms with E-state index in [1.807, 2.05) is 29.3 Å². The number of nitrogens with zero attached hydrogens (tertiary/aromatic N) is 3. The minimum absolute atomic E-state index is 0.184. The van der Waals surface area contributed by atoms with Crippen LogP contribution in [-0.2, 0) is 19.9 Å². The second-order valence-electron chi connectivity index (χ2n) is 7.25. The summed E-state index contributed by atoms with van der Waals surface area (Å²) in [7, 11) is -4.67. The summed E-state index contributed by atoms with van der Waals surface area (Å²) in [6.45, 7) is 2.47. The summed E-state index contributed by atoms with van der Waals surface area (Å²) in [5.74, 6) is -0.224. The van der Waals surface area contributed by atoms with Gasteiger partial charge in [0.25, 0.3) is 5.91 Å². The maximum Gasteiger partial charge on any atom is 0.394 e. The molecule has 184 valence electrons. The van der Waals surface area contributed by atoms with E-state index in [4.69, 9.17) is 57.1 Å². The number of hydrazine groups is 1. The molecule has 0 saturated carbocycles. The molecule has 1 amide bonds. The Morgan fingerprint density at radius 3 is 2.21 bits per heavy atom. The maximum absolute atomic E-state index is 12.8. The van der Waals surface area contributed by atoms with E-state index in [0.717, 1.165) is 5.56 Å². The normalized spacial score (nSPS) is 18.7. The third-order valence-electron chi connectivity index (χ3n) is 4.85. The van der Waals surface area contributed by atoms with E-state index in [1.165, 1.54) is 0 Å². The van der Waals surface area contributed by atoms with E-state index < -0.39 is 10.4 Å². The number of benzene rings is 2. The predicted molar refractivity (Wildman–Crippen MR) is 130 cm³/mol. The molecule has 1 fully saturated rings. The Morgan fingerprint density at radius 1 is 1.03 bits per heavy atom. The smallest absolute Gasteiger partial charge is 0.379 e. The number of hydrazone groups is 1. The summed E-state index contributed by atoms with van der Waals surface area (Å²) in [5.41, 5.74) is 5.02. The highest BCUT2D eigenvalue weighted by Crippen LogP contribution is 2.39. The fraction of sp³-hybridized carbons (Fsp3) is 0.300. The average molecular weight is 552 g/mol. The van der Waals surface area contributed by atoms with Gasteiger partial charge >= 0.3 is 10.4 Å². The molecular weight excluding hydrogens is 531 g/mol. The zero-order valence-electron chi connectivity index (χ0n) is 17.6. The molecule has 0 aliphatic carbocycles. The molecule has 10 nitrogen and oxygen atoms in total. The summed E-state index contributed by atoms with van der Waals surface area (Å²) in [5, 5.41) is 9.89. The molecule has 2 heterocycles. The lowest BCUT2D eigenvalue weighted by atomic mass is 10.0. The van der Waals surface area contributed by atoms with Crippen LogP contribution in [0.5, 0.6) is 0 Å². The van der Waals surface area contributed by atoms with Gasteiger partial charge in [-0.15, -0.1) is 0 Å². The summed E-state index contributed by atoms with van der Waals surface area (Å²) < 4.78 is 36.9. The standard InChI is InChI=1S/C20H19Cl3N4O2.H2O4S/c21-14-3-1-13(2-4-14)19-12-17(20(28)25-26-7-9-29-10-8-26)24-27(19)18-6-5-15(22)11-16(18)23;1-5(2,3)4/h1-6,11,19H,7-10,12H2,(H,25,28);(H2,1,2,3,4)/t19-;/m0./s1. The minimum Gasteiger partial charge on any atom is -0.379 e. The number of hydrogen-bond donors (Lipinski definition) is 3. The van der Waals surface area contributed by atoms with Crippen LogP contribution in [0.2, 0.25) is 15.1 Å². The van der Waals surface area contributed by atoms with Crippen molar-refractivity contribution in [1.82, 2.24) is 10.4 Å². The van der Waals surface area contributed by atoms with E-state index in [9.17, 15) is 4.79 Å². The lowest BCUT2D eigenvalue weighted by molar-refractivity contribution is -0.121. The number of hydrogen-bond acceptors (Lipinski definition) is 7. The number of nitrogens with one attached hydrogen (secondary N) is 1. The predicted octanol–water partition coefficient (Wildman–Crippen LogP) is 3.66. The van der Waals surface area contributed by atoms with Gasteiger partial charge < -0.3 is 4.74 Å². The quantitative estimate of drug-likeness (QED) is 0.491. The van der Waals surface area contributed by atoms with Gasteiger partial charge in [0.1, 0.15) is 5.71 Å². The van der Waals surface area contributed by atoms with Crippen molar-refractivity contribution in [2.24, 2.45) is 5.10 Å². The summed E-state index contributed by atoms with van der Waals surface area (Å²) in [6.07, 6.45) is 0.441. The lowest BCUT2D eigenvalue weighted by Crippen LogP contribution is -2.50. The molecule has 2 aromatic rings. The number of rotatable bonds is 4. The molecule has 1 atom stereocenters. The second-order valence-corrected chi connectivity index (χ2v) is 9.42. The Bertz CT molecular complexity index is 1150. The van der Waals surface area contributed by atoms with E-state index in [1.54, 1.807) is 23.2 Å². The van der Waals surface area contributed by atoms with Gasteiger partial charge in [0.05, 0.1) is 30.0 Å². The summed E-state index contributed by atoms with van der Waals surface area (Å²) in [6, 6.07) is 12.6. The van der Waals surface area contributed by atoms with E-state index in [0.29, 0.717) is 59.2 Å². The van der Waals surface area contributed by atoms with E-state index in [2.05, 4.69) is 10.5 Å². The van der Waals surface area contributed by atoms with Gasteiger partial charge in [0.15, 0.2) is 0 Å². The molecule has 0 aromatic heterocycles. The molecule has 0 spiro atoms. The number of anilines is 1. The fourth-order valence-electron chi connectivity index (χ4n) is 3.36. The zero-order valence-corrected chi connectivity index (χ0v) is 20.6. The largest absolute Gasteiger partial charge is 0.394 e. The fourth-order valence-corrected chi connectivity index (χ4v) is 3.99. The summed E-state index contributed by atoms with van der Waals surface area (Å²) >= 11 is 18.5. The van der Waals surface area contributed by atoms with E-state index in [-0.39, 0.29) is 11.9 Å². The van der Waals surface area contributed by atoms with Crippen molar-refractivity contribution in [1.29, 1.82) is 0 Å². The highest BCUT2D eigenvalue weighted by Gasteiger charge is 2.34. The van der Waals surface area contributed by atoms with Crippen LogP contribution in [0.3, 0.4) is 0 Å². The number of halogens is 3. The van der Waals surface area contributed by atoms with Crippen molar-refractivity contribution in [3.8, 4) is 0 Å². The van der Waals surface area contributed by atoms with Crippen molar-refractivity contribution in [2.75, 3.05) is 31.3 Å². The first-order valence-corrected chi connectivity index (χ1v) is 12.4. The first kappa shape index (κ1) is 26.6. The Morgan fingerprint density at radius 2 is 1.62 bits per heavy atom. The average Bonchev–Trinajstić information content (AvgIpc) is 3.19. The third-order valence-corrected chi connectivity index (χ3v) is 5.64. The van der Waals surface area contributed by atoms with E-state index >= 15 is 0 Å². The third kappa shape index (κ3) is 7.79. The molecule has 0 bridgehead atoms. The zero-order chi connectivity index (χ0) is 24.9. The molecule has 3 N–H and O–H groups in total. The van der Waals surface area contributed by atoms with Crippen LogP contribution in [-0.4, -0.2) is 60.5 Å². The van der Waals surface area contributed by atoms with Crippen LogP contribution in [0.4, 0.5) is 5.69 Å². The number of morpholine rings is 1. The second kappa shape index (κ2) is 11.6. The molecule has 1 saturated heterocycles. The number of amides is 1. The van der Waals surface area contributed by atoms with Crippen molar-refractivity contribution < 1.29 is 27.1 Å². The summed E-state index contributed by atoms with van der Waals surface area (Å²) in [4.78, 5) is 12.8. The SMILES string of the molecule is O=C(NN1CCOCC1)C1=NN(c2ccc(Cl)cc2Cl)[C@H](c2ccc(Cl)cc2)C1.O=S(=O)(O)O. The molecule has 14 heteroatoms. The van der Waals surface area contributed by atoms with Crippen molar-refractivity contribution in [3.63, 3.8) is 0 Å². The first-order valence-electron chi connectivity index (χ1n) is 9.92. The van der Waals surface area contributed by atoms with Crippen LogP contribution in [0.25, 0.3) is 0 Å². The number of ether oxygens (including phenoxy) is 1. The van der Waals surface area contributed by atoms with Crippen molar-refractivity contribution in [2.45, 2.75) is 12.5 Å². The van der Waals surface area contributed by atoms with Gasteiger partial charge in [0, 0.05) is 29.6 Å². The van der Waals surface area contributed by atoms with Crippen molar-refractivity contribution >= 4 is 62.5 Å². The number of carbonyl (C=O) groups is 1. The van der Waals surface area contributed by atoms with Gasteiger partial charge in [-0.3, -0.25) is 24.3 Å². The maximum atomic E-state index is 12.8. The van der Waals surface area contributed by atoms with Gasteiger partial charge in [0.2, 0.25) is 0 Å². The lowest BCUT2D eigenvalue weighted by Gasteiger charge is -2.26. The number of carbonyl (C=O) groups excluding carboxylic acids is 1.